The Balaban J connectivity index is 1.53. The summed E-state index contributed by atoms with van der Waals surface area (Å²) in [5, 5.41) is 13.7. The van der Waals surface area contributed by atoms with E-state index in [0.717, 1.165) is 44.7 Å². The Kier molecular flexibility index (Phi) is 3.11. The Morgan fingerprint density at radius 3 is 2.94 bits per heavy atom. The van der Waals surface area contributed by atoms with Gasteiger partial charge in [-0.05, 0) is 31.1 Å². The third-order valence-corrected chi connectivity index (χ3v) is 3.56. The lowest BCUT2D eigenvalue weighted by molar-refractivity contribution is 0.140. The molecular weight excluding hydrogens is 220 g/mol. The van der Waals surface area contributed by atoms with E-state index in [2.05, 4.69) is 10.1 Å². The molecule has 2 fully saturated rings. The second-order valence-electron chi connectivity index (χ2n) is 5.15. The van der Waals surface area contributed by atoms with Crippen LogP contribution >= 0.6 is 0 Å². The average Bonchev–Trinajstić information content (AvgIpc) is 2.89. The van der Waals surface area contributed by atoms with Crippen molar-refractivity contribution in [1.29, 1.82) is 0 Å². The standard InChI is InChI=1S/C12H18N2O3/c15-10(9-1-2-9)6-12-13-11(14-17-12)5-8-3-4-16-7-8/h8-10,15H,1-7H2. The molecule has 2 atom stereocenters. The van der Waals surface area contributed by atoms with Gasteiger partial charge in [-0.3, -0.25) is 0 Å². The highest BCUT2D eigenvalue weighted by molar-refractivity contribution is 4.93. The highest BCUT2D eigenvalue weighted by Crippen LogP contribution is 2.33. The molecule has 5 heteroatoms. The SMILES string of the molecule is OC(Cc1nc(CC2CCOC2)no1)C1CC1. The summed E-state index contributed by atoms with van der Waals surface area (Å²) in [5.74, 6) is 2.29. The maximum absolute atomic E-state index is 9.79. The molecule has 17 heavy (non-hydrogen) atoms. The van der Waals surface area contributed by atoms with Crippen LogP contribution in [-0.4, -0.2) is 34.6 Å². The number of hydrogen-bond acceptors (Lipinski definition) is 5. The van der Waals surface area contributed by atoms with Crippen molar-refractivity contribution in [2.24, 2.45) is 11.8 Å². The molecule has 2 aliphatic rings. The summed E-state index contributed by atoms with van der Waals surface area (Å²) in [4.78, 5) is 4.33. The van der Waals surface area contributed by atoms with E-state index in [9.17, 15) is 5.11 Å². The lowest BCUT2D eigenvalue weighted by Crippen LogP contribution is -2.13. The summed E-state index contributed by atoms with van der Waals surface area (Å²) < 4.78 is 10.5. The fourth-order valence-corrected chi connectivity index (χ4v) is 2.29. The molecule has 1 saturated heterocycles. The van der Waals surface area contributed by atoms with Gasteiger partial charge < -0.3 is 14.4 Å². The summed E-state index contributed by atoms with van der Waals surface area (Å²) in [6.45, 7) is 1.64. The van der Waals surface area contributed by atoms with Crippen molar-refractivity contribution in [3.63, 3.8) is 0 Å². The number of nitrogens with zero attached hydrogens (tertiary/aromatic N) is 2. The van der Waals surface area contributed by atoms with Crippen LogP contribution in [0.1, 0.15) is 31.0 Å². The zero-order valence-corrected chi connectivity index (χ0v) is 9.84. The van der Waals surface area contributed by atoms with Crippen molar-refractivity contribution in [1.82, 2.24) is 10.1 Å². The third-order valence-electron chi connectivity index (χ3n) is 3.56. The molecule has 2 unspecified atom stereocenters. The van der Waals surface area contributed by atoms with Crippen LogP contribution in [0.5, 0.6) is 0 Å². The summed E-state index contributed by atoms with van der Waals surface area (Å²) in [5.41, 5.74) is 0. The van der Waals surface area contributed by atoms with Gasteiger partial charge in [-0.2, -0.15) is 4.98 Å². The molecule has 0 spiro atoms. The van der Waals surface area contributed by atoms with Gasteiger partial charge in [0.1, 0.15) is 0 Å². The fourth-order valence-electron chi connectivity index (χ4n) is 2.29. The number of ether oxygens (including phenoxy) is 1. The largest absolute Gasteiger partial charge is 0.392 e. The first kappa shape index (κ1) is 11.2. The second kappa shape index (κ2) is 4.74. The van der Waals surface area contributed by atoms with Crippen molar-refractivity contribution >= 4 is 0 Å². The van der Waals surface area contributed by atoms with Gasteiger partial charge in [0, 0.05) is 19.6 Å². The van der Waals surface area contributed by atoms with Crippen LogP contribution in [-0.2, 0) is 17.6 Å². The average molecular weight is 238 g/mol. The third kappa shape index (κ3) is 2.84. The molecule has 0 radical (unpaired) electrons. The van der Waals surface area contributed by atoms with Gasteiger partial charge in [-0.1, -0.05) is 5.16 Å². The molecule has 2 heterocycles. The molecule has 1 N–H and O–H groups in total. The first-order chi connectivity index (χ1) is 8.31. The highest BCUT2D eigenvalue weighted by Gasteiger charge is 2.31. The number of aliphatic hydroxyl groups excluding tert-OH is 1. The number of rotatable bonds is 5. The molecule has 1 aliphatic heterocycles. The van der Waals surface area contributed by atoms with Crippen LogP contribution in [0.3, 0.4) is 0 Å². The van der Waals surface area contributed by atoms with Crippen LogP contribution in [0.15, 0.2) is 4.52 Å². The van der Waals surface area contributed by atoms with Crippen LogP contribution < -0.4 is 0 Å². The van der Waals surface area contributed by atoms with E-state index in [-0.39, 0.29) is 6.10 Å². The van der Waals surface area contributed by atoms with Gasteiger partial charge in [-0.25, -0.2) is 0 Å². The molecule has 1 saturated carbocycles. The first-order valence-electron chi connectivity index (χ1n) is 6.38. The minimum absolute atomic E-state index is 0.307. The van der Waals surface area contributed by atoms with Gasteiger partial charge in [0.25, 0.3) is 0 Å². The molecule has 1 aromatic rings. The van der Waals surface area contributed by atoms with Crippen molar-refractivity contribution < 1.29 is 14.4 Å². The van der Waals surface area contributed by atoms with Gasteiger partial charge in [0.15, 0.2) is 5.82 Å². The summed E-state index contributed by atoms with van der Waals surface area (Å²) in [7, 11) is 0. The summed E-state index contributed by atoms with van der Waals surface area (Å²) >= 11 is 0. The van der Waals surface area contributed by atoms with Crippen LogP contribution in [0, 0.1) is 11.8 Å². The zero-order valence-electron chi connectivity index (χ0n) is 9.84. The molecule has 3 rings (SSSR count). The smallest absolute Gasteiger partial charge is 0.229 e. The Labute approximate surface area is 100 Å². The van der Waals surface area contributed by atoms with Crippen molar-refractivity contribution in [3.05, 3.63) is 11.7 Å². The lowest BCUT2D eigenvalue weighted by atomic mass is 10.1. The van der Waals surface area contributed by atoms with E-state index in [1.165, 1.54) is 0 Å². The number of hydrogen-bond donors (Lipinski definition) is 1. The Morgan fingerprint density at radius 1 is 1.35 bits per heavy atom. The molecule has 94 valence electrons. The number of aliphatic hydroxyl groups is 1. The van der Waals surface area contributed by atoms with Gasteiger partial charge in [0.2, 0.25) is 5.89 Å². The van der Waals surface area contributed by atoms with Crippen LogP contribution in [0.4, 0.5) is 0 Å². The first-order valence-corrected chi connectivity index (χ1v) is 6.38. The maximum Gasteiger partial charge on any atom is 0.229 e. The molecule has 0 bridgehead atoms. The molecule has 1 aliphatic carbocycles. The monoisotopic (exact) mass is 238 g/mol. The molecule has 1 aromatic heterocycles. The summed E-state index contributed by atoms with van der Waals surface area (Å²) in [6.07, 6.45) is 4.35. The van der Waals surface area contributed by atoms with E-state index < -0.39 is 0 Å². The summed E-state index contributed by atoms with van der Waals surface area (Å²) in [6, 6.07) is 0. The van der Waals surface area contributed by atoms with E-state index in [0.29, 0.717) is 24.1 Å². The topological polar surface area (TPSA) is 68.4 Å². The predicted octanol–water partition coefficient (Wildman–Crippen LogP) is 0.962. The van der Waals surface area contributed by atoms with Crippen molar-refractivity contribution in [2.45, 2.75) is 38.2 Å². The molecule has 0 aromatic carbocycles. The van der Waals surface area contributed by atoms with Gasteiger partial charge in [-0.15, -0.1) is 0 Å². The lowest BCUT2D eigenvalue weighted by Gasteiger charge is -2.03. The van der Waals surface area contributed by atoms with Crippen molar-refractivity contribution in [2.75, 3.05) is 13.2 Å². The highest BCUT2D eigenvalue weighted by atomic mass is 16.5. The predicted molar refractivity (Wildman–Crippen MR) is 59.4 cm³/mol. The van der Waals surface area contributed by atoms with E-state index in [1.54, 1.807) is 0 Å². The maximum atomic E-state index is 9.79. The number of aromatic nitrogens is 2. The quantitative estimate of drug-likeness (QED) is 0.827. The molecule has 0 amide bonds. The zero-order chi connectivity index (χ0) is 11.7. The van der Waals surface area contributed by atoms with E-state index in [4.69, 9.17) is 9.26 Å². The Hall–Kier alpha value is -0.940. The van der Waals surface area contributed by atoms with E-state index in [1.807, 2.05) is 0 Å². The fraction of sp³-hybridized carbons (Fsp3) is 0.833. The van der Waals surface area contributed by atoms with Crippen LogP contribution in [0.25, 0.3) is 0 Å². The Morgan fingerprint density at radius 2 is 2.24 bits per heavy atom. The normalized spacial score (nSPS) is 26.3. The second-order valence-corrected chi connectivity index (χ2v) is 5.15. The van der Waals surface area contributed by atoms with Crippen molar-refractivity contribution in [3.8, 4) is 0 Å². The molecule has 5 nitrogen and oxygen atoms in total. The molecular formula is C12H18N2O3. The van der Waals surface area contributed by atoms with Gasteiger partial charge >= 0.3 is 0 Å². The van der Waals surface area contributed by atoms with E-state index >= 15 is 0 Å². The van der Waals surface area contributed by atoms with Gasteiger partial charge in [0.05, 0.1) is 12.5 Å². The minimum Gasteiger partial charge on any atom is -0.392 e. The Bertz CT molecular complexity index is 351. The van der Waals surface area contributed by atoms with Crippen LogP contribution in [0.2, 0.25) is 0 Å². The minimum atomic E-state index is -0.307.